The molecule has 1 heterocycles. The maximum absolute atomic E-state index is 3.42. The summed E-state index contributed by atoms with van der Waals surface area (Å²) in [4.78, 5) is 2.35. The number of hydrogen-bond donors (Lipinski definition) is 1. The van der Waals surface area contributed by atoms with Crippen molar-refractivity contribution >= 4 is 32.9 Å². The summed E-state index contributed by atoms with van der Waals surface area (Å²) in [6.07, 6.45) is 12.1. The van der Waals surface area contributed by atoms with Crippen molar-refractivity contribution in [3.05, 3.63) is 120 Å². The predicted molar refractivity (Wildman–Crippen MR) is 186 cm³/mol. The molecule has 0 bridgehead atoms. The van der Waals surface area contributed by atoms with Gasteiger partial charge < -0.3 is 10.2 Å². The van der Waals surface area contributed by atoms with Crippen molar-refractivity contribution in [1.29, 1.82) is 0 Å². The number of rotatable bonds is 6. The number of nitrogens with one attached hydrogen (secondary N) is 1. The van der Waals surface area contributed by atoms with Crippen molar-refractivity contribution in [1.82, 2.24) is 0 Å². The first-order chi connectivity index (χ1) is 19.8. The Morgan fingerprint density at radius 2 is 1.34 bits per heavy atom. The van der Waals surface area contributed by atoms with Gasteiger partial charge in [0.1, 0.15) is 0 Å². The lowest BCUT2D eigenvalue weighted by Gasteiger charge is -2.28. The molecule has 41 heavy (non-hydrogen) atoms. The number of benzene rings is 4. The molecule has 1 aliphatic rings. The summed E-state index contributed by atoms with van der Waals surface area (Å²) >= 11 is 0. The van der Waals surface area contributed by atoms with Gasteiger partial charge in [0.05, 0.1) is 0 Å². The molecule has 0 fully saturated rings. The highest BCUT2D eigenvalue weighted by Gasteiger charge is 2.39. The van der Waals surface area contributed by atoms with Crippen LogP contribution in [0, 0.1) is 0 Å². The molecule has 0 saturated carbocycles. The topological polar surface area (TPSA) is 15.3 Å². The summed E-state index contributed by atoms with van der Waals surface area (Å²) in [5.41, 5.74) is 6.56. The largest absolute Gasteiger partial charge is 0.388 e. The zero-order valence-electron chi connectivity index (χ0n) is 27.0. The minimum atomic E-state index is -0.0566. The Labute approximate surface area is 249 Å². The maximum Gasteiger partial charge on any atom is 0.0454 e. The van der Waals surface area contributed by atoms with Gasteiger partial charge in [-0.05, 0) is 62.7 Å². The van der Waals surface area contributed by atoms with Gasteiger partial charge in [-0.25, -0.2) is 0 Å². The highest BCUT2D eigenvalue weighted by Crippen LogP contribution is 2.49. The van der Waals surface area contributed by atoms with Crippen LogP contribution in [0.1, 0.15) is 72.9 Å². The third-order valence-corrected chi connectivity index (χ3v) is 8.01. The number of fused-ring (bicyclic) bond motifs is 4. The van der Waals surface area contributed by atoms with E-state index in [1.54, 1.807) is 0 Å². The van der Waals surface area contributed by atoms with Crippen LogP contribution in [0.5, 0.6) is 0 Å². The monoisotopic (exact) mass is 546 g/mol. The fourth-order valence-electron chi connectivity index (χ4n) is 6.16. The summed E-state index contributed by atoms with van der Waals surface area (Å²) in [5.74, 6) is 0. The molecule has 5 rings (SSSR count). The van der Waals surface area contributed by atoms with Crippen molar-refractivity contribution in [2.45, 2.75) is 72.6 Å². The van der Waals surface area contributed by atoms with Crippen LogP contribution in [0.2, 0.25) is 0 Å². The van der Waals surface area contributed by atoms with E-state index >= 15 is 0 Å². The molecular formula is C39H50N2. The van der Waals surface area contributed by atoms with Crippen LogP contribution in [0.4, 0.5) is 11.4 Å². The summed E-state index contributed by atoms with van der Waals surface area (Å²) in [6.45, 7) is 17.3. The number of allylic oxidation sites excluding steroid dienone is 6. The fourth-order valence-corrected chi connectivity index (χ4v) is 6.16. The van der Waals surface area contributed by atoms with Crippen molar-refractivity contribution in [3.63, 3.8) is 0 Å². The Kier molecular flexibility index (Phi) is 10.6. The predicted octanol–water partition coefficient (Wildman–Crippen LogP) is 11.2. The van der Waals surface area contributed by atoms with E-state index in [0.29, 0.717) is 0 Å². The van der Waals surface area contributed by atoms with Gasteiger partial charge in [0.25, 0.3) is 0 Å². The second-order valence-electron chi connectivity index (χ2n) is 11.3. The molecule has 1 aliphatic heterocycles. The summed E-state index contributed by atoms with van der Waals surface area (Å²) in [6, 6.07) is 26.3. The van der Waals surface area contributed by atoms with Crippen LogP contribution in [-0.4, -0.2) is 14.1 Å². The van der Waals surface area contributed by atoms with E-state index in [-0.39, 0.29) is 10.8 Å². The Bertz CT molecular complexity index is 1550. The highest BCUT2D eigenvalue weighted by molar-refractivity contribution is 5.95. The maximum atomic E-state index is 3.42. The van der Waals surface area contributed by atoms with E-state index < -0.39 is 0 Å². The summed E-state index contributed by atoms with van der Waals surface area (Å²) < 4.78 is 0. The molecule has 2 nitrogen and oxygen atoms in total. The van der Waals surface area contributed by atoms with Gasteiger partial charge in [0, 0.05) is 36.6 Å². The lowest BCUT2D eigenvalue weighted by molar-refractivity contribution is 0.540. The van der Waals surface area contributed by atoms with E-state index in [2.05, 4.69) is 148 Å². The Hall–Kier alpha value is -3.78. The third kappa shape index (κ3) is 6.27. The van der Waals surface area contributed by atoms with Crippen LogP contribution in [0.15, 0.2) is 109 Å². The normalized spacial score (nSPS) is 15.2. The van der Waals surface area contributed by atoms with Crippen LogP contribution >= 0.6 is 0 Å². The van der Waals surface area contributed by atoms with Gasteiger partial charge in [0.15, 0.2) is 0 Å². The molecule has 0 aliphatic carbocycles. The second kappa shape index (κ2) is 13.7. The molecule has 0 spiro atoms. The van der Waals surface area contributed by atoms with E-state index in [1.165, 1.54) is 49.7 Å². The van der Waals surface area contributed by atoms with Gasteiger partial charge in [-0.15, -0.1) is 0 Å². The second-order valence-corrected chi connectivity index (χ2v) is 11.3. The van der Waals surface area contributed by atoms with Crippen LogP contribution in [0.3, 0.4) is 0 Å². The molecular weight excluding hydrogens is 496 g/mol. The van der Waals surface area contributed by atoms with Gasteiger partial charge in [-0.2, -0.15) is 0 Å². The molecule has 0 saturated heterocycles. The zero-order valence-corrected chi connectivity index (χ0v) is 27.0. The molecule has 216 valence electrons. The van der Waals surface area contributed by atoms with E-state index in [9.17, 15) is 0 Å². The van der Waals surface area contributed by atoms with Gasteiger partial charge in [0.2, 0.25) is 0 Å². The lowest BCUT2D eigenvalue weighted by atomic mass is 9.78. The fraction of sp³-hybridized carbons (Fsp3) is 0.333. The van der Waals surface area contributed by atoms with Crippen molar-refractivity contribution in [2.75, 3.05) is 24.3 Å². The average Bonchev–Trinajstić information content (AvgIpc) is 3.20. The summed E-state index contributed by atoms with van der Waals surface area (Å²) in [5, 5.41) is 8.68. The highest BCUT2D eigenvalue weighted by atomic mass is 15.2. The van der Waals surface area contributed by atoms with Crippen LogP contribution in [-0.2, 0) is 10.8 Å². The van der Waals surface area contributed by atoms with E-state index in [4.69, 9.17) is 0 Å². The van der Waals surface area contributed by atoms with Gasteiger partial charge in [-0.1, -0.05) is 140 Å². The average molecular weight is 547 g/mol. The first-order valence-electron chi connectivity index (χ1n) is 15.3. The lowest BCUT2D eigenvalue weighted by Crippen LogP contribution is -2.22. The Morgan fingerprint density at radius 1 is 0.756 bits per heavy atom. The molecule has 4 aromatic rings. The summed E-state index contributed by atoms with van der Waals surface area (Å²) in [7, 11) is 4.20. The van der Waals surface area contributed by atoms with Crippen LogP contribution in [0.25, 0.3) is 21.5 Å². The number of nitrogens with zero attached hydrogens (tertiary/aromatic N) is 1. The first-order valence-corrected chi connectivity index (χ1v) is 15.3. The molecule has 1 N–H and O–H groups in total. The smallest absolute Gasteiger partial charge is 0.0454 e. The molecule has 2 heteroatoms. The minimum Gasteiger partial charge on any atom is -0.388 e. The van der Waals surface area contributed by atoms with Crippen molar-refractivity contribution in [2.24, 2.45) is 0 Å². The Morgan fingerprint density at radius 3 is 2.00 bits per heavy atom. The Balaban J connectivity index is 0.00000111. The van der Waals surface area contributed by atoms with Crippen molar-refractivity contribution < 1.29 is 0 Å². The molecule has 0 atom stereocenters. The quantitative estimate of drug-likeness (QED) is 0.242. The SMILES string of the molecule is CC.CC.CNc1ccc2ccccc2c1C(C)(C)C/C=C/C=C/C=C1/N(C)c2ccc3ccccc3c2C1(C)C. The number of likely N-dealkylation sites (N-methyl/N-ethyl adjacent to an activating group) is 1. The molecule has 0 radical (unpaired) electrons. The van der Waals surface area contributed by atoms with Crippen LogP contribution < -0.4 is 10.2 Å². The zero-order chi connectivity index (χ0) is 30.2. The molecule has 0 aromatic heterocycles. The van der Waals surface area contributed by atoms with E-state index in [0.717, 1.165) is 6.42 Å². The van der Waals surface area contributed by atoms with Crippen molar-refractivity contribution in [3.8, 4) is 0 Å². The van der Waals surface area contributed by atoms with Gasteiger partial charge in [-0.3, -0.25) is 0 Å². The third-order valence-electron chi connectivity index (χ3n) is 8.01. The molecule has 4 aromatic carbocycles. The number of anilines is 2. The standard InChI is InChI=1S/C35H38N2.2C2H6/c1-34(2,32-27-17-12-10-15-25(27)20-22-29(32)36-5)24-14-8-7-9-19-31-35(3,4)33-28-18-13-11-16-26(28)21-23-30(33)37(31)6;2*1-2/h7-23,36H,24H2,1-6H3;2*1-2H3/b9-7+,14-8+,31-19+;;. The minimum absolute atomic E-state index is 0.00161. The molecule has 0 unspecified atom stereocenters. The van der Waals surface area contributed by atoms with E-state index in [1.807, 2.05) is 34.7 Å². The number of hydrogen-bond acceptors (Lipinski definition) is 2. The van der Waals surface area contributed by atoms with Gasteiger partial charge >= 0.3 is 0 Å². The molecule has 0 amide bonds. The first kappa shape index (κ1) is 31.7.